The first-order valence-corrected chi connectivity index (χ1v) is 10.7. The van der Waals surface area contributed by atoms with Gasteiger partial charge in [-0.3, -0.25) is 4.90 Å². The molecule has 2 aromatic carbocycles. The van der Waals surface area contributed by atoms with Gasteiger partial charge in [-0.25, -0.2) is 4.68 Å². The number of rotatable bonds is 5. The first-order valence-electron chi connectivity index (χ1n) is 10.3. The molecule has 1 fully saturated rings. The largest absolute Gasteiger partial charge is 0.314 e. The molecule has 0 atom stereocenters. The van der Waals surface area contributed by atoms with E-state index in [1.807, 2.05) is 53.2 Å². The Hall–Kier alpha value is -2.80. The van der Waals surface area contributed by atoms with Gasteiger partial charge in [0.2, 0.25) is 0 Å². The highest BCUT2D eigenvalue weighted by atomic mass is 35.5. The van der Waals surface area contributed by atoms with Crippen LogP contribution in [0.2, 0.25) is 5.02 Å². The number of hydrogen-bond acceptors (Lipinski definition) is 5. The molecular weight excluding hydrogens is 396 g/mol. The van der Waals surface area contributed by atoms with Gasteiger partial charge in [-0.05, 0) is 0 Å². The van der Waals surface area contributed by atoms with Crippen LogP contribution in [0.1, 0.15) is 0 Å². The van der Waals surface area contributed by atoms with Crippen molar-refractivity contribution < 1.29 is 0 Å². The average molecular weight is 419 g/mol. The van der Waals surface area contributed by atoms with Gasteiger partial charge >= 0.3 is 0 Å². The van der Waals surface area contributed by atoms with E-state index in [0.29, 0.717) is 10.7 Å². The van der Waals surface area contributed by atoms with Crippen LogP contribution in [0.5, 0.6) is 0 Å². The van der Waals surface area contributed by atoms with E-state index in [1.165, 1.54) is 0 Å². The molecule has 0 unspecified atom stereocenters. The zero-order valence-electron chi connectivity index (χ0n) is 16.6. The van der Waals surface area contributed by atoms with Crippen molar-refractivity contribution in [2.45, 2.75) is 6.54 Å². The minimum atomic E-state index is 0.596. The van der Waals surface area contributed by atoms with Crippen molar-refractivity contribution in [3.05, 3.63) is 65.7 Å². The fraction of sp³-hybridized carbons (Fsp3) is 0.261. The third kappa shape index (κ3) is 3.69. The summed E-state index contributed by atoms with van der Waals surface area (Å²) in [5, 5.41) is 18.8. The molecule has 6 nitrogen and oxygen atoms in total. The summed E-state index contributed by atoms with van der Waals surface area (Å²) in [4.78, 5) is 2.44. The molecular formula is C23H23ClN6. The quantitative estimate of drug-likeness (QED) is 0.535. The summed E-state index contributed by atoms with van der Waals surface area (Å²) in [5.41, 5.74) is 4.24. The van der Waals surface area contributed by atoms with Crippen molar-refractivity contribution in [2.75, 3.05) is 32.7 Å². The molecule has 152 valence electrons. The molecule has 3 heterocycles. The molecule has 0 saturated carbocycles. The summed E-state index contributed by atoms with van der Waals surface area (Å²) in [6, 6.07) is 20.1. The van der Waals surface area contributed by atoms with Gasteiger partial charge in [0, 0.05) is 43.9 Å². The highest BCUT2D eigenvalue weighted by Crippen LogP contribution is 2.37. The van der Waals surface area contributed by atoms with Crippen molar-refractivity contribution in [2.24, 2.45) is 0 Å². The lowest BCUT2D eigenvalue weighted by atomic mass is 10.1. The van der Waals surface area contributed by atoms with Crippen molar-refractivity contribution in [3.8, 4) is 22.5 Å². The SMILES string of the molecule is Clc1c(-c2ccccc2)nnc2c1c(-c1ccccc1)nn2CCN1CCNCC1. The van der Waals surface area contributed by atoms with E-state index in [0.717, 1.165) is 67.1 Å². The fourth-order valence-corrected chi connectivity index (χ4v) is 4.24. The minimum absolute atomic E-state index is 0.596. The van der Waals surface area contributed by atoms with E-state index in [1.54, 1.807) is 0 Å². The van der Waals surface area contributed by atoms with Crippen molar-refractivity contribution in [1.29, 1.82) is 0 Å². The maximum absolute atomic E-state index is 6.92. The normalized spacial score (nSPS) is 15.0. The van der Waals surface area contributed by atoms with Crippen LogP contribution in [0.3, 0.4) is 0 Å². The number of benzene rings is 2. The zero-order valence-corrected chi connectivity index (χ0v) is 17.4. The van der Waals surface area contributed by atoms with Crippen molar-refractivity contribution in [1.82, 2.24) is 30.2 Å². The van der Waals surface area contributed by atoms with Crippen LogP contribution in [-0.4, -0.2) is 57.6 Å². The lowest BCUT2D eigenvalue weighted by Crippen LogP contribution is -2.44. The van der Waals surface area contributed by atoms with E-state index < -0.39 is 0 Å². The number of piperazine rings is 1. The Balaban J connectivity index is 1.60. The van der Waals surface area contributed by atoms with Gasteiger partial charge in [0.1, 0.15) is 11.4 Å². The summed E-state index contributed by atoms with van der Waals surface area (Å²) in [6.07, 6.45) is 0. The first-order chi connectivity index (χ1) is 14.8. The molecule has 0 radical (unpaired) electrons. The molecule has 30 heavy (non-hydrogen) atoms. The number of hydrogen-bond donors (Lipinski definition) is 1. The van der Waals surface area contributed by atoms with Crippen molar-refractivity contribution >= 4 is 22.6 Å². The van der Waals surface area contributed by atoms with Crippen LogP contribution in [-0.2, 0) is 6.54 Å². The minimum Gasteiger partial charge on any atom is -0.314 e. The molecule has 1 N–H and O–H groups in total. The van der Waals surface area contributed by atoms with E-state index in [4.69, 9.17) is 16.7 Å². The Morgan fingerprint density at radius 2 is 1.43 bits per heavy atom. The Labute approximate surface area is 180 Å². The highest BCUT2D eigenvalue weighted by molar-refractivity contribution is 6.38. The summed E-state index contributed by atoms with van der Waals surface area (Å²) in [6.45, 7) is 5.83. The Bertz CT molecular complexity index is 1140. The van der Waals surface area contributed by atoms with E-state index in [2.05, 4.69) is 32.5 Å². The smallest absolute Gasteiger partial charge is 0.182 e. The average Bonchev–Trinajstić information content (AvgIpc) is 3.19. The highest BCUT2D eigenvalue weighted by Gasteiger charge is 2.21. The standard InChI is InChI=1S/C23H23ClN6/c24-20-19-21(17-7-3-1-4-8-17)28-30(16-15-29-13-11-25-12-14-29)23(19)27-26-22(20)18-9-5-2-6-10-18/h1-10,25H,11-16H2. The van der Waals surface area contributed by atoms with E-state index >= 15 is 0 Å². The fourth-order valence-electron chi connectivity index (χ4n) is 3.92. The maximum Gasteiger partial charge on any atom is 0.182 e. The molecule has 7 heteroatoms. The third-order valence-corrected chi connectivity index (χ3v) is 5.90. The molecule has 4 aromatic rings. The van der Waals surface area contributed by atoms with Gasteiger partial charge in [0.05, 0.1) is 17.0 Å². The Morgan fingerprint density at radius 3 is 2.10 bits per heavy atom. The Morgan fingerprint density at radius 1 is 0.800 bits per heavy atom. The van der Waals surface area contributed by atoms with E-state index in [9.17, 15) is 0 Å². The number of nitrogens with one attached hydrogen (secondary N) is 1. The van der Waals surface area contributed by atoms with Gasteiger partial charge in [0.15, 0.2) is 5.65 Å². The van der Waals surface area contributed by atoms with Gasteiger partial charge in [0.25, 0.3) is 0 Å². The first kappa shape index (κ1) is 19.2. The molecule has 0 aliphatic carbocycles. The van der Waals surface area contributed by atoms with Crippen LogP contribution in [0, 0.1) is 0 Å². The van der Waals surface area contributed by atoms with Gasteiger partial charge < -0.3 is 5.32 Å². The van der Waals surface area contributed by atoms with Crippen molar-refractivity contribution in [3.63, 3.8) is 0 Å². The number of halogens is 1. The molecule has 1 aliphatic rings. The predicted octanol–water partition coefficient (Wildman–Crippen LogP) is 3.72. The van der Waals surface area contributed by atoms with Crippen LogP contribution in [0.4, 0.5) is 0 Å². The number of aromatic nitrogens is 4. The van der Waals surface area contributed by atoms with Gasteiger partial charge in [-0.2, -0.15) is 5.10 Å². The van der Waals surface area contributed by atoms with Crippen LogP contribution in [0.25, 0.3) is 33.5 Å². The van der Waals surface area contributed by atoms with Crippen LogP contribution >= 0.6 is 11.6 Å². The van der Waals surface area contributed by atoms with Crippen LogP contribution in [0.15, 0.2) is 60.7 Å². The second-order valence-electron chi connectivity index (χ2n) is 7.46. The molecule has 0 bridgehead atoms. The van der Waals surface area contributed by atoms with Gasteiger partial charge in [-0.15, -0.1) is 10.2 Å². The monoisotopic (exact) mass is 418 g/mol. The number of fused-ring (bicyclic) bond motifs is 1. The molecule has 1 aliphatic heterocycles. The lowest BCUT2D eigenvalue weighted by molar-refractivity contribution is 0.230. The summed E-state index contributed by atoms with van der Waals surface area (Å²) < 4.78 is 1.95. The molecule has 0 spiro atoms. The van der Waals surface area contributed by atoms with Gasteiger partial charge in [-0.1, -0.05) is 72.3 Å². The maximum atomic E-state index is 6.92. The molecule has 5 rings (SSSR count). The predicted molar refractivity (Wildman–Crippen MR) is 121 cm³/mol. The molecule has 0 amide bonds. The molecule has 1 saturated heterocycles. The van der Waals surface area contributed by atoms with E-state index in [-0.39, 0.29) is 0 Å². The second-order valence-corrected chi connectivity index (χ2v) is 7.83. The third-order valence-electron chi connectivity index (χ3n) is 5.53. The number of nitrogens with zero attached hydrogens (tertiary/aromatic N) is 5. The summed E-state index contributed by atoms with van der Waals surface area (Å²) >= 11 is 6.92. The van der Waals surface area contributed by atoms with Crippen LogP contribution < -0.4 is 5.32 Å². The summed E-state index contributed by atoms with van der Waals surface area (Å²) in [7, 11) is 0. The summed E-state index contributed by atoms with van der Waals surface area (Å²) in [5.74, 6) is 0. The Kier molecular flexibility index (Phi) is 5.45. The zero-order chi connectivity index (χ0) is 20.3. The topological polar surface area (TPSA) is 58.9 Å². The second kappa shape index (κ2) is 8.52. The lowest BCUT2D eigenvalue weighted by Gasteiger charge is -2.26. The molecule has 2 aromatic heterocycles.